The number of carbonyl (C=O) groups excluding carboxylic acids is 1. The Morgan fingerprint density at radius 1 is 1.04 bits per heavy atom. The van der Waals surface area contributed by atoms with Crippen LogP contribution in [0.25, 0.3) is 0 Å². The topological polar surface area (TPSA) is 49.6 Å². The molecule has 0 bridgehead atoms. The van der Waals surface area contributed by atoms with E-state index in [1.54, 1.807) is 0 Å². The molecule has 0 spiro atoms. The SMILES string of the molecule is O=C(c1cc(C2CC2)on1)N1CCC[C@@H]1[C@@H]1CCCN1Cc1ccccc1. The van der Waals surface area contributed by atoms with Gasteiger partial charge in [-0.1, -0.05) is 35.5 Å². The largest absolute Gasteiger partial charge is 0.360 e. The van der Waals surface area contributed by atoms with Crippen molar-refractivity contribution >= 4 is 5.91 Å². The first-order chi connectivity index (χ1) is 13.3. The molecule has 2 atom stereocenters. The molecule has 3 aliphatic rings. The van der Waals surface area contributed by atoms with Crippen LogP contribution in [0, 0.1) is 0 Å². The Morgan fingerprint density at radius 2 is 1.81 bits per heavy atom. The maximum absolute atomic E-state index is 13.1. The van der Waals surface area contributed by atoms with Gasteiger partial charge in [-0.25, -0.2) is 0 Å². The summed E-state index contributed by atoms with van der Waals surface area (Å²) in [4.78, 5) is 17.8. The summed E-state index contributed by atoms with van der Waals surface area (Å²) in [5.74, 6) is 1.44. The van der Waals surface area contributed by atoms with Crippen molar-refractivity contribution in [2.45, 2.75) is 63.1 Å². The van der Waals surface area contributed by atoms with Crippen LogP contribution in [0.3, 0.4) is 0 Å². The van der Waals surface area contributed by atoms with Crippen LogP contribution in [0.1, 0.15) is 66.3 Å². The zero-order valence-corrected chi connectivity index (χ0v) is 15.7. The van der Waals surface area contributed by atoms with E-state index in [0.717, 1.165) is 51.1 Å². The molecule has 5 nitrogen and oxygen atoms in total. The van der Waals surface area contributed by atoms with Crippen LogP contribution < -0.4 is 0 Å². The number of carbonyl (C=O) groups is 1. The van der Waals surface area contributed by atoms with Crippen molar-refractivity contribution in [1.29, 1.82) is 0 Å². The highest BCUT2D eigenvalue weighted by molar-refractivity contribution is 5.92. The highest BCUT2D eigenvalue weighted by Gasteiger charge is 2.41. The summed E-state index contributed by atoms with van der Waals surface area (Å²) in [5, 5.41) is 4.09. The molecule has 3 heterocycles. The lowest BCUT2D eigenvalue weighted by Crippen LogP contribution is -2.48. The molecule has 1 saturated carbocycles. The van der Waals surface area contributed by atoms with Gasteiger partial charge in [-0.3, -0.25) is 9.69 Å². The van der Waals surface area contributed by atoms with E-state index < -0.39 is 0 Å². The van der Waals surface area contributed by atoms with E-state index >= 15 is 0 Å². The first kappa shape index (κ1) is 17.0. The van der Waals surface area contributed by atoms with Gasteiger partial charge in [0.2, 0.25) is 0 Å². The summed E-state index contributed by atoms with van der Waals surface area (Å²) in [6, 6.07) is 13.3. The van der Waals surface area contributed by atoms with E-state index in [1.807, 2.05) is 6.07 Å². The summed E-state index contributed by atoms with van der Waals surface area (Å²) in [7, 11) is 0. The van der Waals surface area contributed by atoms with Gasteiger partial charge in [0.1, 0.15) is 5.76 Å². The lowest BCUT2D eigenvalue weighted by molar-refractivity contribution is 0.0629. The summed E-state index contributed by atoms with van der Waals surface area (Å²) >= 11 is 0. The fourth-order valence-corrected chi connectivity index (χ4v) is 4.84. The van der Waals surface area contributed by atoms with Crippen LogP contribution in [0.2, 0.25) is 0 Å². The fraction of sp³-hybridized carbons (Fsp3) is 0.545. The van der Waals surface area contributed by atoms with Crippen LogP contribution in [-0.4, -0.2) is 46.0 Å². The number of nitrogens with zero attached hydrogens (tertiary/aromatic N) is 3. The molecule has 1 aliphatic carbocycles. The van der Waals surface area contributed by atoms with Gasteiger partial charge in [-0.2, -0.15) is 0 Å². The maximum Gasteiger partial charge on any atom is 0.276 e. The van der Waals surface area contributed by atoms with Crippen molar-refractivity contribution in [3.8, 4) is 0 Å². The second-order valence-electron chi connectivity index (χ2n) is 8.26. The Morgan fingerprint density at radius 3 is 2.63 bits per heavy atom. The number of hydrogen-bond donors (Lipinski definition) is 0. The van der Waals surface area contributed by atoms with Gasteiger partial charge in [0, 0.05) is 37.2 Å². The van der Waals surface area contributed by atoms with Gasteiger partial charge < -0.3 is 9.42 Å². The van der Waals surface area contributed by atoms with Crippen LogP contribution in [0.15, 0.2) is 40.9 Å². The van der Waals surface area contributed by atoms with E-state index in [0.29, 0.717) is 23.7 Å². The van der Waals surface area contributed by atoms with Crippen molar-refractivity contribution in [3.05, 3.63) is 53.4 Å². The molecule has 142 valence electrons. The second-order valence-corrected chi connectivity index (χ2v) is 8.26. The van der Waals surface area contributed by atoms with Gasteiger partial charge in [0.15, 0.2) is 5.69 Å². The lowest BCUT2D eigenvalue weighted by Gasteiger charge is -2.34. The smallest absolute Gasteiger partial charge is 0.276 e. The molecular formula is C22H27N3O2. The van der Waals surface area contributed by atoms with Crippen molar-refractivity contribution in [3.63, 3.8) is 0 Å². The third-order valence-corrected chi connectivity index (χ3v) is 6.37. The Labute approximate surface area is 160 Å². The number of rotatable bonds is 5. The van der Waals surface area contributed by atoms with E-state index in [9.17, 15) is 4.79 Å². The monoisotopic (exact) mass is 365 g/mol. The van der Waals surface area contributed by atoms with Gasteiger partial charge in [0.05, 0.1) is 0 Å². The highest BCUT2D eigenvalue weighted by Crippen LogP contribution is 2.40. The normalized spacial score (nSPS) is 26.0. The minimum absolute atomic E-state index is 0.0553. The molecule has 5 rings (SSSR count). The van der Waals surface area contributed by atoms with Crippen molar-refractivity contribution in [2.75, 3.05) is 13.1 Å². The second kappa shape index (κ2) is 7.12. The predicted octanol–water partition coefficient (Wildman–Crippen LogP) is 3.82. The molecule has 5 heteroatoms. The van der Waals surface area contributed by atoms with Crippen LogP contribution in [0.5, 0.6) is 0 Å². The van der Waals surface area contributed by atoms with Gasteiger partial charge in [-0.05, 0) is 50.6 Å². The summed E-state index contributed by atoms with van der Waals surface area (Å²) in [6.07, 6.45) is 6.88. The molecule has 27 heavy (non-hydrogen) atoms. The Balaban J connectivity index is 1.31. The number of aromatic nitrogens is 1. The van der Waals surface area contributed by atoms with Gasteiger partial charge in [-0.15, -0.1) is 0 Å². The zero-order chi connectivity index (χ0) is 18.2. The minimum Gasteiger partial charge on any atom is -0.360 e. The lowest BCUT2D eigenvalue weighted by atomic mass is 10.0. The number of hydrogen-bond acceptors (Lipinski definition) is 4. The molecule has 0 unspecified atom stereocenters. The van der Waals surface area contributed by atoms with Gasteiger partial charge in [0.25, 0.3) is 5.91 Å². The molecule has 1 aromatic carbocycles. The minimum atomic E-state index is 0.0553. The Hall–Kier alpha value is -2.14. The number of benzene rings is 1. The van der Waals surface area contributed by atoms with Crippen molar-refractivity contribution in [1.82, 2.24) is 15.0 Å². The summed E-state index contributed by atoms with van der Waals surface area (Å²) < 4.78 is 5.42. The van der Waals surface area contributed by atoms with Crippen molar-refractivity contribution < 1.29 is 9.32 Å². The molecule has 1 aromatic heterocycles. The molecule has 2 aromatic rings. The first-order valence-electron chi connectivity index (χ1n) is 10.3. The fourth-order valence-electron chi connectivity index (χ4n) is 4.84. The Kier molecular flexibility index (Phi) is 4.48. The van der Waals surface area contributed by atoms with E-state index in [1.165, 1.54) is 18.4 Å². The Bertz CT molecular complexity index is 799. The van der Waals surface area contributed by atoms with E-state index in [4.69, 9.17) is 4.52 Å². The van der Waals surface area contributed by atoms with Crippen LogP contribution in [-0.2, 0) is 6.54 Å². The van der Waals surface area contributed by atoms with Crippen LogP contribution >= 0.6 is 0 Å². The molecule has 1 amide bonds. The molecule has 0 N–H and O–H groups in total. The standard InChI is InChI=1S/C22H27N3O2/c26-22(18-14-21(27-23-18)17-10-11-17)25-13-5-9-20(25)19-8-4-12-24(19)15-16-6-2-1-3-7-16/h1-3,6-7,14,17,19-20H,4-5,8-13,15H2/t19-,20+/m0/s1. The van der Waals surface area contributed by atoms with Crippen molar-refractivity contribution in [2.24, 2.45) is 0 Å². The molecule has 2 aliphatic heterocycles. The molecule has 3 fully saturated rings. The highest BCUT2D eigenvalue weighted by atomic mass is 16.5. The number of amides is 1. The molecular weight excluding hydrogens is 338 g/mol. The average molecular weight is 365 g/mol. The van der Waals surface area contributed by atoms with E-state index in [2.05, 4.69) is 45.3 Å². The first-order valence-corrected chi connectivity index (χ1v) is 10.3. The zero-order valence-electron chi connectivity index (χ0n) is 15.7. The average Bonchev–Trinajstić information content (AvgIpc) is 3.11. The van der Waals surface area contributed by atoms with Gasteiger partial charge >= 0.3 is 0 Å². The van der Waals surface area contributed by atoms with E-state index in [-0.39, 0.29) is 5.91 Å². The maximum atomic E-state index is 13.1. The third kappa shape index (κ3) is 3.41. The number of likely N-dealkylation sites (tertiary alicyclic amines) is 2. The third-order valence-electron chi connectivity index (χ3n) is 6.37. The molecule has 0 radical (unpaired) electrons. The quantitative estimate of drug-likeness (QED) is 0.808. The summed E-state index contributed by atoms with van der Waals surface area (Å²) in [5.41, 5.74) is 1.85. The summed E-state index contributed by atoms with van der Waals surface area (Å²) in [6.45, 7) is 2.93. The predicted molar refractivity (Wildman–Crippen MR) is 102 cm³/mol. The van der Waals surface area contributed by atoms with Crippen LogP contribution in [0.4, 0.5) is 0 Å². The molecule has 2 saturated heterocycles.